The van der Waals surface area contributed by atoms with Gasteiger partial charge in [0.05, 0.1) is 24.0 Å². The molecule has 1 aromatic carbocycles. The zero-order valence-electron chi connectivity index (χ0n) is 18.4. The molecule has 4 heterocycles. The van der Waals surface area contributed by atoms with Gasteiger partial charge in [-0.1, -0.05) is 29.8 Å². The van der Waals surface area contributed by atoms with Crippen LogP contribution in [0.15, 0.2) is 52.1 Å². The third-order valence-corrected chi connectivity index (χ3v) is 6.49. The van der Waals surface area contributed by atoms with E-state index in [4.69, 9.17) is 21.0 Å². The van der Waals surface area contributed by atoms with Gasteiger partial charge < -0.3 is 28.9 Å². The second-order valence-corrected chi connectivity index (χ2v) is 8.72. The molecule has 0 bridgehead atoms. The number of carboxylic acid groups (broad SMARTS) is 1. The Morgan fingerprint density at radius 2 is 2.18 bits per heavy atom. The number of hydrogen-bond acceptors (Lipinski definition) is 6. The molecule has 34 heavy (non-hydrogen) atoms. The predicted octanol–water partition coefficient (Wildman–Crippen LogP) is 3.33. The lowest BCUT2D eigenvalue weighted by molar-refractivity contribution is 0.188. The number of halogens is 1. The van der Waals surface area contributed by atoms with Gasteiger partial charge in [-0.15, -0.1) is 0 Å². The van der Waals surface area contributed by atoms with E-state index in [0.717, 1.165) is 18.4 Å². The highest BCUT2D eigenvalue weighted by Gasteiger charge is 2.27. The number of piperidine rings is 1. The molecule has 0 spiro atoms. The second-order valence-electron chi connectivity index (χ2n) is 8.32. The fourth-order valence-electron chi connectivity index (χ4n) is 4.50. The van der Waals surface area contributed by atoms with E-state index in [-0.39, 0.29) is 11.6 Å². The van der Waals surface area contributed by atoms with Crippen molar-refractivity contribution in [3.63, 3.8) is 0 Å². The van der Waals surface area contributed by atoms with Crippen LogP contribution in [0.2, 0.25) is 5.02 Å². The Morgan fingerprint density at radius 3 is 2.91 bits per heavy atom. The van der Waals surface area contributed by atoms with Crippen LogP contribution in [0.25, 0.3) is 22.5 Å². The maximum absolute atomic E-state index is 13.5. The normalized spacial score (nSPS) is 16.2. The molecule has 4 aromatic rings. The van der Waals surface area contributed by atoms with Crippen molar-refractivity contribution in [2.45, 2.75) is 25.4 Å². The average molecular weight is 483 g/mol. The molecule has 10 nitrogen and oxygen atoms in total. The van der Waals surface area contributed by atoms with Gasteiger partial charge in [0.15, 0.2) is 12.2 Å². The summed E-state index contributed by atoms with van der Waals surface area (Å²) in [6, 6.07) is 9.05. The third kappa shape index (κ3) is 4.01. The highest BCUT2D eigenvalue weighted by atomic mass is 35.5. The lowest BCUT2D eigenvalue weighted by Gasteiger charge is -2.33. The number of anilines is 1. The van der Waals surface area contributed by atoms with Crippen molar-refractivity contribution in [1.82, 2.24) is 24.4 Å². The van der Waals surface area contributed by atoms with Crippen molar-refractivity contribution in [1.29, 1.82) is 0 Å². The van der Waals surface area contributed by atoms with Crippen LogP contribution in [0.5, 0.6) is 0 Å². The molecule has 0 unspecified atom stereocenters. The van der Waals surface area contributed by atoms with Gasteiger partial charge in [-0.3, -0.25) is 4.79 Å². The predicted molar refractivity (Wildman–Crippen MR) is 127 cm³/mol. The SMILES string of the molecule is Cn1c(-c2cnco2)cc2nc(N3CCC[C@@H](NC(=O)O)C3)n(Cc3ccccc3Cl)c2c1=O. The standard InChI is InChI=1S/C23H23ClN6O4/c1-28-18(19-10-25-13-34-19)9-17-20(21(28)31)30(11-14-5-2-3-7-16(14)24)22(27-17)29-8-4-6-15(12-29)26-23(32)33/h2-3,5,7,9-10,13,15,26H,4,6,8,11-12H2,1H3,(H,32,33)/t15-/m1/s1. The lowest BCUT2D eigenvalue weighted by Crippen LogP contribution is -2.48. The lowest BCUT2D eigenvalue weighted by atomic mass is 10.1. The summed E-state index contributed by atoms with van der Waals surface area (Å²) >= 11 is 6.45. The molecule has 1 aliphatic rings. The smallest absolute Gasteiger partial charge is 0.404 e. The third-order valence-electron chi connectivity index (χ3n) is 6.12. The Hall–Kier alpha value is -3.79. The van der Waals surface area contributed by atoms with Gasteiger partial charge in [-0.2, -0.15) is 0 Å². The van der Waals surface area contributed by atoms with Crippen molar-refractivity contribution >= 4 is 34.7 Å². The summed E-state index contributed by atoms with van der Waals surface area (Å²) in [5, 5.41) is 12.3. The van der Waals surface area contributed by atoms with E-state index < -0.39 is 6.09 Å². The van der Waals surface area contributed by atoms with Crippen LogP contribution in [0.1, 0.15) is 18.4 Å². The summed E-state index contributed by atoms with van der Waals surface area (Å²) in [5.41, 5.74) is 2.14. The summed E-state index contributed by atoms with van der Waals surface area (Å²) < 4.78 is 8.81. The van der Waals surface area contributed by atoms with Gasteiger partial charge in [0.25, 0.3) is 5.56 Å². The number of oxazole rings is 1. The highest BCUT2D eigenvalue weighted by Crippen LogP contribution is 2.29. The van der Waals surface area contributed by atoms with E-state index in [1.165, 1.54) is 11.0 Å². The molecule has 2 N–H and O–H groups in total. The molecule has 11 heteroatoms. The molecule has 3 aromatic heterocycles. The van der Waals surface area contributed by atoms with Crippen LogP contribution in [0.4, 0.5) is 10.7 Å². The molecular weight excluding hydrogens is 460 g/mol. The molecule has 1 amide bonds. The van der Waals surface area contributed by atoms with E-state index in [1.807, 2.05) is 33.7 Å². The van der Waals surface area contributed by atoms with Crippen LogP contribution in [-0.4, -0.2) is 49.4 Å². The number of fused-ring (bicyclic) bond motifs is 1. The number of hydrogen-bond donors (Lipinski definition) is 2. The van der Waals surface area contributed by atoms with Crippen molar-refractivity contribution in [2.24, 2.45) is 7.05 Å². The van der Waals surface area contributed by atoms with Crippen molar-refractivity contribution in [3.8, 4) is 11.5 Å². The molecule has 1 saturated heterocycles. The molecule has 5 rings (SSSR count). The van der Waals surface area contributed by atoms with Crippen LogP contribution in [0.3, 0.4) is 0 Å². The molecule has 1 atom stereocenters. The molecular formula is C23H23ClN6O4. The van der Waals surface area contributed by atoms with Gasteiger partial charge in [0.1, 0.15) is 5.52 Å². The molecule has 176 valence electrons. The minimum absolute atomic E-state index is 0.229. The van der Waals surface area contributed by atoms with Gasteiger partial charge in [-0.05, 0) is 30.5 Å². The monoisotopic (exact) mass is 482 g/mol. The zero-order chi connectivity index (χ0) is 23.8. The fourth-order valence-corrected chi connectivity index (χ4v) is 4.69. The van der Waals surface area contributed by atoms with Crippen LogP contribution < -0.4 is 15.8 Å². The first-order valence-electron chi connectivity index (χ1n) is 10.9. The first-order valence-corrected chi connectivity index (χ1v) is 11.3. The van der Waals surface area contributed by atoms with Crippen molar-refractivity contribution in [2.75, 3.05) is 18.0 Å². The van der Waals surface area contributed by atoms with Gasteiger partial charge in [0.2, 0.25) is 5.95 Å². The largest absolute Gasteiger partial charge is 0.465 e. The van der Waals surface area contributed by atoms with Crippen LogP contribution in [-0.2, 0) is 13.6 Å². The number of rotatable bonds is 5. The van der Waals surface area contributed by atoms with E-state index in [9.17, 15) is 14.7 Å². The number of aromatic nitrogens is 4. The minimum atomic E-state index is -1.05. The number of nitrogens with zero attached hydrogens (tertiary/aromatic N) is 5. The Bertz CT molecular complexity index is 1410. The fraction of sp³-hybridized carbons (Fsp3) is 0.304. The van der Waals surface area contributed by atoms with E-state index >= 15 is 0 Å². The Labute approximate surface area is 199 Å². The molecule has 0 aliphatic carbocycles. The van der Waals surface area contributed by atoms with Gasteiger partial charge >= 0.3 is 6.09 Å². The molecule has 0 saturated carbocycles. The van der Waals surface area contributed by atoms with E-state index in [1.54, 1.807) is 19.3 Å². The summed E-state index contributed by atoms with van der Waals surface area (Å²) in [5.74, 6) is 1.06. The van der Waals surface area contributed by atoms with E-state index in [0.29, 0.717) is 53.1 Å². The number of imidazole rings is 1. The summed E-state index contributed by atoms with van der Waals surface area (Å²) in [6.07, 6.45) is 3.35. The Kier molecular flexibility index (Phi) is 5.74. The Balaban J connectivity index is 1.67. The number of pyridine rings is 1. The van der Waals surface area contributed by atoms with Gasteiger partial charge in [0, 0.05) is 31.2 Å². The quantitative estimate of drug-likeness (QED) is 0.448. The second kappa shape index (κ2) is 8.86. The number of nitrogens with one attached hydrogen (secondary N) is 1. The summed E-state index contributed by atoms with van der Waals surface area (Å²) in [4.78, 5) is 35.6. The first kappa shape index (κ1) is 22.0. The van der Waals surface area contributed by atoms with Gasteiger partial charge in [-0.25, -0.2) is 14.8 Å². The van der Waals surface area contributed by atoms with Crippen LogP contribution >= 0.6 is 11.6 Å². The first-order chi connectivity index (χ1) is 16.4. The maximum atomic E-state index is 13.5. The summed E-state index contributed by atoms with van der Waals surface area (Å²) in [6.45, 7) is 1.49. The maximum Gasteiger partial charge on any atom is 0.404 e. The summed E-state index contributed by atoms with van der Waals surface area (Å²) in [7, 11) is 1.68. The zero-order valence-corrected chi connectivity index (χ0v) is 19.2. The number of carbonyl (C=O) groups is 1. The average Bonchev–Trinajstić information content (AvgIpc) is 3.46. The van der Waals surface area contributed by atoms with Crippen molar-refractivity contribution in [3.05, 3.63) is 63.9 Å². The minimum Gasteiger partial charge on any atom is -0.465 e. The number of amides is 1. The van der Waals surface area contributed by atoms with Crippen molar-refractivity contribution < 1.29 is 14.3 Å². The van der Waals surface area contributed by atoms with Crippen LogP contribution in [0, 0.1) is 0 Å². The molecule has 0 radical (unpaired) electrons. The molecule has 1 fully saturated rings. The Morgan fingerprint density at radius 1 is 1.35 bits per heavy atom. The topological polar surface area (TPSA) is 118 Å². The molecule has 1 aliphatic heterocycles. The number of benzene rings is 1. The highest BCUT2D eigenvalue weighted by molar-refractivity contribution is 6.31. The van der Waals surface area contributed by atoms with E-state index in [2.05, 4.69) is 10.3 Å².